The summed E-state index contributed by atoms with van der Waals surface area (Å²) in [6.07, 6.45) is 0.478. The van der Waals surface area contributed by atoms with Gasteiger partial charge in [0.2, 0.25) is 0 Å². The van der Waals surface area contributed by atoms with Crippen LogP contribution in [0.2, 0.25) is 0 Å². The third kappa shape index (κ3) is 2.21. The lowest BCUT2D eigenvalue weighted by atomic mass is 10.0. The van der Waals surface area contributed by atoms with Gasteiger partial charge in [0.25, 0.3) is 0 Å². The van der Waals surface area contributed by atoms with Crippen molar-refractivity contribution in [3.05, 3.63) is 33.8 Å². The molecule has 15 heavy (non-hydrogen) atoms. The highest BCUT2D eigenvalue weighted by Crippen LogP contribution is 2.24. The summed E-state index contributed by atoms with van der Waals surface area (Å²) in [6.45, 7) is 2.05. The van der Waals surface area contributed by atoms with E-state index in [1.165, 1.54) is 5.56 Å². The van der Waals surface area contributed by atoms with E-state index in [2.05, 4.69) is 21.1 Å². The van der Waals surface area contributed by atoms with Gasteiger partial charge in [-0.2, -0.15) is 0 Å². The van der Waals surface area contributed by atoms with E-state index in [4.69, 9.17) is 9.94 Å². The Balaban J connectivity index is 2.24. The quantitative estimate of drug-likeness (QED) is 0.895. The predicted octanol–water partition coefficient (Wildman–Crippen LogP) is 2.24. The molecule has 0 radical (unpaired) electrons. The Morgan fingerprint density at radius 2 is 2.40 bits per heavy atom. The smallest absolute Gasteiger partial charge is 0.156 e. The van der Waals surface area contributed by atoms with Crippen LogP contribution in [0.15, 0.2) is 27.8 Å². The maximum Gasteiger partial charge on any atom is 0.156 e. The van der Waals surface area contributed by atoms with Gasteiger partial charge in [-0.05, 0) is 18.6 Å². The average molecular weight is 270 g/mol. The summed E-state index contributed by atoms with van der Waals surface area (Å²) in [5, 5.41) is 12.9. The van der Waals surface area contributed by atoms with Crippen molar-refractivity contribution in [1.82, 2.24) is 0 Å². The third-order valence-corrected chi connectivity index (χ3v) is 3.03. The number of hydrogen-bond donors (Lipinski definition) is 1. The molecule has 2 rings (SSSR count). The van der Waals surface area contributed by atoms with E-state index in [0.717, 1.165) is 15.7 Å². The zero-order valence-corrected chi connectivity index (χ0v) is 9.99. The highest BCUT2D eigenvalue weighted by Gasteiger charge is 2.22. The van der Waals surface area contributed by atoms with Crippen LogP contribution in [0.5, 0.6) is 0 Å². The Bertz CT molecular complexity index is 404. The molecule has 1 aliphatic rings. The van der Waals surface area contributed by atoms with Gasteiger partial charge in [-0.15, -0.1) is 0 Å². The van der Waals surface area contributed by atoms with Crippen LogP contribution in [0.25, 0.3) is 0 Å². The first-order chi connectivity index (χ1) is 7.20. The second kappa shape index (κ2) is 4.33. The maximum atomic E-state index is 8.93. The summed E-state index contributed by atoms with van der Waals surface area (Å²) in [7, 11) is 0. The zero-order valence-electron chi connectivity index (χ0n) is 8.40. The van der Waals surface area contributed by atoms with E-state index in [1.807, 2.05) is 25.1 Å². The molecule has 80 valence electrons. The molecule has 0 bridgehead atoms. The summed E-state index contributed by atoms with van der Waals surface area (Å²) >= 11 is 3.50. The standard InChI is InChI=1S/C11H12BrNO2/c1-7-2-3-9(10(12)4-7)11-5-8(6-14)15-13-11/h2-4,8,14H,5-6H2,1H3. The van der Waals surface area contributed by atoms with Gasteiger partial charge in [0.1, 0.15) is 0 Å². The lowest BCUT2D eigenvalue weighted by Gasteiger charge is -2.04. The predicted molar refractivity (Wildman–Crippen MR) is 62.0 cm³/mol. The first-order valence-corrected chi connectivity index (χ1v) is 5.60. The minimum atomic E-state index is -0.187. The van der Waals surface area contributed by atoms with Crippen LogP contribution in [0.4, 0.5) is 0 Å². The third-order valence-electron chi connectivity index (χ3n) is 2.37. The Morgan fingerprint density at radius 1 is 1.60 bits per heavy atom. The second-order valence-corrected chi connectivity index (χ2v) is 4.49. The molecule has 0 aromatic heterocycles. The Labute approximate surface area is 96.9 Å². The Morgan fingerprint density at radius 3 is 3.00 bits per heavy atom. The van der Waals surface area contributed by atoms with Crippen LogP contribution in [0.1, 0.15) is 17.5 Å². The van der Waals surface area contributed by atoms with E-state index < -0.39 is 0 Å². The highest BCUT2D eigenvalue weighted by molar-refractivity contribution is 9.10. The number of oxime groups is 1. The highest BCUT2D eigenvalue weighted by atomic mass is 79.9. The van der Waals surface area contributed by atoms with Crippen molar-refractivity contribution in [2.75, 3.05) is 6.61 Å². The van der Waals surface area contributed by atoms with E-state index in [1.54, 1.807) is 0 Å². The molecule has 1 heterocycles. The number of halogens is 1. The molecule has 0 saturated carbocycles. The molecule has 1 atom stereocenters. The van der Waals surface area contributed by atoms with Crippen LogP contribution < -0.4 is 0 Å². The number of rotatable bonds is 2. The minimum Gasteiger partial charge on any atom is -0.392 e. The summed E-state index contributed by atoms with van der Waals surface area (Å²) in [5.74, 6) is 0. The molecule has 4 heteroatoms. The molecule has 1 aromatic carbocycles. The van der Waals surface area contributed by atoms with Crippen molar-refractivity contribution in [2.24, 2.45) is 5.16 Å². The van der Waals surface area contributed by atoms with Crippen LogP contribution in [-0.4, -0.2) is 23.5 Å². The van der Waals surface area contributed by atoms with Gasteiger partial charge in [-0.25, -0.2) is 0 Å². The van der Waals surface area contributed by atoms with Gasteiger partial charge in [-0.3, -0.25) is 0 Å². The van der Waals surface area contributed by atoms with Crippen LogP contribution in [-0.2, 0) is 4.84 Å². The SMILES string of the molecule is Cc1ccc(C2=NOC(CO)C2)c(Br)c1. The van der Waals surface area contributed by atoms with Crippen molar-refractivity contribution < 1.29 is 9.94 Å². The van der Waals surface area contributed by atoms with Crippen molar-refractivity contribution in [3.8, 4) is 0 Å². The first kappa shape index (κ1) is 10.6. The Kier molecular flexibility index (Phi) is 3.07. The second-order valence-electron chi connectivity index (χ2n) is 3.64. The number of hydrogen-bond acceptors (Lipinski definition) is 3. The molecule has 1 aromatic rings. The molecule has 1 N–H and O–H groups in total. The summed E-state index contributed by atoms with van der Waals surface area (Å²) in [5.41, 5.74) is 3.13. The fourth-order valence-electron chi connectivity index (χ4n) is 1.54. The van der Waals surface area contributed by atoms with Gasteiger partial charge in [0.05, 0.1) is 12.3 Å². The number of benzene rings is 1. The largest absolute Gasteiger partial charge is 0.392 e. The topological polar surface area (TPSA) is 41.8 Å². The number of aryl methyl sites for hydroxylation is 1. The fourth-order valence-corrected chi connectivity index (χ4v) is 2.26. The normalized spacial score (nSPS) is 19.9. The molecule has 0 fully saturated rings. The van der Waals surface area contributed by atoms with E-state index in [0.29, 0.717) is 6.42 Å². The van der Waals surface area contributed by atoms with Crippen molar-refractivity contribution in [3.63, 3.8) is 0 Å². The lowest BCUT2D eigenvalue weighted by Crippen LogP contribution is -2.13. The monoisotopic (exact) mass is 269 g/mol. The van der Waals surface area contributed by atoms with Crippen molar-refractivity contribution in [2.45, 2.75) is 19.4 Å². The van der Waals surface area contributed by atoms with E-state index in [-0.39, 0.29) is 12.7 Å². The summed E-state index contributed by atoms with van der Waals surface area (Å²) < 4.78 is 1.02. The molecule has 1 aliphatic heterocycles. The van der Waals surface area contributed by atoms with Gasteiger partial charge in [0.15, 0.2) is 6.10 Å². The molecular weight excluding hydrogens is 258 g/mol. The molecular formula is C11H12BrNO2. The van der Waals surface area contributed by atoms with Gasteiger partial charge < -0.3 is 9.94 Å². The first-order valence-electron chi connectivity index (χ1n) is 4.81. The maximum absolute atomic E-state index is 8.93. The van der Waals surface area contributed by atoms with Gasteiger partial charge in [-0.1, -0.05) is 33.2 Å². The van der Waals surface area contributed by atoms with Crippen molar-refractivity contribution >= 4 is 21.6 Å². The van der Waals surface area contributed by atoms with E-state index >= 15 is 0 Å². The van der Waals surface area contributed by atoms with Crippen LogP contribution in [0.3, 0.4) is 0 Å². The molecule has 0 amide bonds. The lowest BCUT2D eigenvalue weighted by molar-refractivity contribution is 0.0390. The van der Waals surface area contributed by atoms with Crippen LogP contribution in [0, 0.1) is 6.92 Å². The summed E-state index contributed by atoms with van der Waals surface area (Å²) in [6, 6.07) is 6.10. The average Bonchev–Trinajstić information content (AvgIpc) is 2.66. The van der Waals surface area contributed by atoms with Gasteiger partial charge in [0, 0.05) is 16.5 Å². The Hall–Kier alpha value is -0.870. The number of nitrogens with zero attached hydrogens (tertiary/aromatic N) is 1. The van der Waals surface area contributed by atoms with E-state index in [9.17, 15) is 0 Å². The molecule has 0 saturated heterocycles. The molecule has 1 unspecified atom stereocenters. The molecule has 3 nitrogen and oxygen atoms in total. The minimum absolute atomic E-state index is 0.0104. The number of aliphatic hydroxyl groups is 1. The van der Waals surface area contributed by atoms with Crippen LogP contribution >= 0.6 is 15.9 Å². The zero-order chi connectivity index (χ0) is 10.8. The van der Waals surface area contributed by atoms with Gasteiger partial charge >= 0.3 is 0 Å². The molecule has 0 aliphatic carbocycles. The fraction of sp³-hybridized carbons (Fsp3) is 0.364. The molecule has 0 spiro atoms. The number of aliphatic hydroxyl groups excluding tert-OH is 1. The van der Waals surface area contributed by atoms with Crippen molar-refractivity contribution in [1.29, 1.82) is 0 Å². The summed E-state index contributed by atoms with van der Waals surface area (Å²) in [4.78, 5) is 5.07.